The van der Waals surface area contributed by atoms with E-state index < -0.39 is 5.97 Å². The molecule has 182 valence electrons. The minimum Gasteiger partial charge on any atom is -0.478 e. The van der Waals surface area contributed by atoms with E-state index in [1.165, 1.54) is 59.6 Å². The van der Waals surface area contributed by atoms with Gasteiger partial charge in [0.2, 0.25) is 0 Å². The summed E-state index contributed by atoms with van der Waals surface area (Å²) in [6, 6.07) is 0. The van der Waals surface area contributed by atoms with E-state index in [9.17, 15) is 4.79 Å². The van der Waals surface area contributed by atoms with E-state index in [1.807, 2.05) is 6.92 Å². The second-order valence-electron chi connectivity index (χ2n) is 9.10. The normalized spacial score (nSPS) is 12.7. The summed E-state index contributed by atoms with van der Waals surface area (Å²) in [5, 5.41) is 8.56. The van der Waals surface area contributed by atoms with Crippen LogP contribution < -0.4 is 0 Å². The molecule has 0 aromatic carbocycles. The molecule has 0 aliphatic heterocycles. The van der Waals surface area contributed by atoms with Crippen molar-refractivity contribution < 1.29 is 9.90 Å². The Morgan fingerprint density at radius 3 is 1.28 bits per heavy atom. The topological polar surface area (TPSA) is 37.3 Å². The van der Waals surface area contributed by atoms with Gasteiger partial charge in [-0.25, -0.2) is 4.79 Å². The van der Waals surface area contributed by atoms with Crippen LogP contribution in [0.2, 0.25) is 0 Å². The molecule has 0 rings (SSSR count). The molecule has 0 radical (unpaired) electrons. The summed E-state index contributed by atoms with van der Waals surface area (Å²) in [5.41, 5.74) is 8.08. The first-order chi connectivity index (χ1) is 15.0. The number of carboxylic acid groups (broad SMARTS) is 1. The number of carboxylic acids is 1. The molecule has 0 atom stereocenters. The lowest BCUT2D eigenvalue weighted by Crippen LogP contribution is -1.89. The van der Waals surface area contributed by atoms with Crippen molar-refractivity contribution in [3.63, 3.8) is 0 Å². The van der Waals surface area contributed by atoms with Gasteiger partial charge in [-0.3, -0.25) is 0 Å². The molecule has 0 aromatic heterocycles. The molecule has 0 saturated carbocycles. The number of hydrogen-bond donors (Lipinski definition) is 1. The standard InChI is InChI=1S/C15H24O2.C14H23I/c1-12(2)7-5-8-13(3)9-6-10-14(4)11-15(16)17;1-12(2)7-5-8-13(3)9-6-10-14(4)11-15/h7,9,11H,5-6,8,10H2,1-4H3,(H,16,17);7,9,11H,5-6,8,10H2,1-4H3/b2*13-9+,14-11+. The summed E-state index contributed by atoms with van der Waals surface area (Å²) in [5.74, 6) is -0.855. The maximum atomic E-state index is 10.4. The van der Waals surface area contributed by atoms with E-state index in [0.29, 0.717) is 0 Å². The molecule has 0 bridgehead atoms. The third kappa shape index (κ3) is 26.7. The summed E-state index contributed by atoms with van der Waals surface area (Å²) in [7, 11) is 0. The predicted octanol–water partition coefficient (Wildman–Crippen LogP) is 10.3. The third-order valence-electron chi connectivity index (χ3n) is 4.80. The lowest BCUT2D eigenvalue weighted by molar-refractivity contribution is -0.131. The summed E-state index contributed by atoms with van der Waals surface area (Å²) >= 11 is 2.31. The zero-order valence-corrected chi connectivity index (χ0v) is 24.0. The fourth-order valence-electron chi connectivity index (χ4n) is 2.81. The first-order valence-corrected chi connectivity index (χ1v) is 13.0. The Morgan fingerprint density at radius 2 is 0.938 bits per heavy atom. The van der Waals surface area contributed by atoms with Crippen LogP contribution in [0.3, 0.4) is 0 Å². The number of rotatable bonds is 13. The minimum absolute atomic E-state index is 0.826. The maximum Gasteiger partial charge on any atom is 0.328 e. The predicted molar refractivity (Wildman–Crippen MR) is 152 cm³/mol. The number of halogens is 1. The van der Waals surface area contributed by atoms with Crippen LogP contribution in [0.25, 0.3) is 0 Å². The largest absolute Gasteiger partial charge is 0.478 e. The summed E-state index contributed by atoms with van der Waals surface area (Å²) in [6.07, 6.45) is 19.1. The molecule has 0 unspecified atom stereocenters. The van der Waals surface area contributed by atoms with Crippen LogP contribution in [0.1, 0.15) is 107 Å². The Morgan fingerprint density at radius 1 is 0.594 bits per heavy atom. The van der Waals surface area contributed by atoms with E-state index in [2.05, 4.69) is 99.4 Å². The average molecular weight is 555 g/mol. The number of hydrogen-bond acceptors (Lipinski definition) is 1. The van der Waals surface area contributed by atoms with Crippen molar-refractivity contribution in [1.82, 2.24) is 0 Å². The quantitative estimate of drug-likeness (QED) is 0.140. The van der Waals surface area contributed by atoms with E-state index in [0.717, 1.165) is 31.3 Å². The van der Waals surface area contributed by atoms with Crippen LogP contribution in [0.15, 0.2) is 67.9 Å². The summed E-state index contributed by atoms with van der Waals surface area (Å²) in [6.45, 7) is 17.0. The fraction of sp³-hybridized carbons (Fsp3) is 0.552. The van der Waals surface area contributed by atoms with Crippen LogP contribution in [0, 0.1) is 0 Å². The van der Waals surface area contributed by atoms with Crippen LogP contribution in [-0.2, 0) is 4.79 Å². The highest BCUT2D eigenvalue weighted by Gasteiger charge is 1.94. The monoisotopic (exact) mass is 554 g/mol. The highest BCUT2D eigenvalue weighted by molar-refractivity contribution is 14.1. The van der Waals surface area contributed by atoms with Gasteiger partial charge in [0.25, 0.3) is 0 Å². The third-order valence-corrected chi connectivity index (χ3v) is 5.86. The van der Waals surface area contributed by atoms with Gasteiger partial charge in [-0.1, -0.05) is 80.3 Å². The van der Waals surface area contributed by atoms with Crippen molar-refractivity contribution in [2.45, 2.75) is 107 Å². The molecule has 0 aromatic rings. The maximum absolute atomic E-state index is 10.4. The number of aliphatic carboxylic acids is 1. The van der Waals surface area contributed by atoms with Crippen molar-refractivity contribution in [3.05, 3.63) is 67.9 Å². The van der Waals surface area contributed by atoms with Gasteiger partial charge in [-0.2, -0.15) is 0 Å². The van der Waals surface area contributed by atoms with Gasteiger partial charge >= 0.3 is 5.97 Å². The van der Waals surface area contributed by atoms with E-state index in [-0.39, 0.29) is 0 Å². The molecule has 0 heterocycles. The second kappa shape index (κ2) is 21.5. The SMILES string of the molecule is CC(C)=CCC/C(C)=C/CC/C(C)=C/C(=O)O.CC(C)=CCC/C(C)=C/CC/C(C)=C/I. The van der Waals surface area contributed by atoms with Crippen LogP contribution in [0.4, 0.5) is 0 Å². The van der Waals surface area contributed by atoms with Crippen molar-refractivity contribution in [2.24, 2.45) is 0 Å². The van der Waals surface area contributed by atoms with Crippen molar-refractivity contribution in [3.8, 4) is 0 Å². The van der Waals surface area contributed by atoms with Crippen molar-refractivity contribution >= 4 is 28.6 Å². The van der Waals surface area contributed by atoms with Gasteiger partial charge in [0.1, 0.15) is 0 Å². The van der Waals surface area contributed by atoms with Gasteiger partial charge in [-0.05, 0) is 111 Å². The zero-order chi connectivity index (χ0) is 24.9. The molecule has 2 nitrogen and oxygen atoms in total. The Balaban J connectivity index is 0. The van der Waals surface area contributed by atoms with E-state index in [4.69, 9.17) is 5.11 Å². The minimum atomic E-state index is -0.855. The van der Waals surface area contributed by atoms with Gasteiger partial charge < -0.3 is 5.11 Å². The van der Waals surface area contributed by atoms with Crippen molar-refractivity contribution in [2.75, 3.05) is 0 Å². The molecular weight excluding hydrogens is 507 g/mol. The molecule has 3 heteroatoms. The lowest BCUT2D eigenvalue weighted by atomic mass is 10.1. The molecule has 0 saturated heterocycles. The highest BCUT2D eigenvalue weighted by Crippen LogP contribution is 2.12. The Bertz CT molecular complexity index is 707. The van der Waals surface area contributed by atoms with E-state index in [1.54, 1.807) is 0 Å². The Kier molecular flexibility index (Phi) is 22.0. The highest BCUT2D eigenvalue weighted by atomic mass is 127. The van der Waals surface area contributed by atoms with Crippen LogP contribution >= 0.6 is 22.6 Å². The van der Waals surface area contributed by atoms with E-state index >= 15 is 0 Å². The first kappa shape index (κ1) is 32.8. The molecule has 0 aliphatic carbocycles. The molecule has 0 spiro atoms. The first-order valence-electron chi connectivity index (χ1n) is 11.7. The number of carbonyl (C=O) groups is 1. The Hall–Kier alpha value is -1.36. The zero-order valence-electron chi connectivity index (χ0n) is 21.9. The second-order valence-corrected chi connectivity index (χ2v) is 9.73. The molecule has 1 N–H and O–H groups in total. The summed E-state index contributed by atoms with van der Waals surface area (Å²) in [4.78, 5) is 10.4. The van der Waals surface area contributed by atoms with Crippen LogP contribution in [-0.4, -0.2) is 11.1 Å². The fourth-order valence-corrected chi connectivity index (χ4v) is 3.12. The molecular formula is C29H47IO2. The average Bonchev–Trinajstić information content (AvgIpc) is 2.67. The molecule has 0 aliphatic rings. The molecule has 0 fully saturated rings. The smallest absolute Gasteiger partial charge is 0.328 e. The lowest BCUT2D eigenvalue weighted by Gasteiger charge is -2.00. The summed E-state index contributed by atoms with van der Waals surface area (Å²) < 4.78 is 2.17. The Labute approximate surface area is 212 Å². The molecule has 0 amide bonds. The van der Waals surface area contributed by atoms with Gasteiger partial charge in [-0.15, -0.1) is 0 Å². The van der Waals surface area contributed by atoms with Gasteiger partial charge in [0.05, 0.1) is 0 Å². The van der Waals surface area contributed by atoms with Crippen molar-refractivity contribution in [1.29, 1.82) is 0 Å². The number of allylic oxidation sites excluding steroid dienone is 10. The molecule has 32 heavy (non-hydrogen) atoms. The van der Waals surface area contributed by atoms with Crippen LogP contribution in [0.5, 0.6) is 0 Å². The van der Waals surface area contributed by atoms with Gasteiger partial charge in [0.15, 0.2) is 0 Å². The van der Waals surface area contributed by atoms with Gasteiger partial charge in [0, 0.05) is 6.08 Å².